The summed E-state index contributed by atoms with van der Waals surface area (Å²) in [6.07, 6.45) is 5.43. The molecular formula is C62H111N11O11. The third kappa shape index (κ3) is 21.8. The normalized spacial score (nSPS) is 26.7. The van der Waals surface area contributed by atoms with E-state index in [0.717, 1.165) is 0 Å². The molecule has 4 unspecified atom stereocenters. The largest absolute Gasteiger partial charge is 0.343 e. The molecule has 1 fully saturated rings. The van der Waals surface area contributed by atoms with Gasteiger partial charge in [-0.1, -0.05) is 109 Å². The standard InChI is InChI=1S/C62H111N11O11/c1-25-27-28-41(15)33-47-55(77)65-44(26-2)58(80)67(18)34-50(74)68(19)45(29-35(3)4)56(78)66-51(39(11)12)61(83)69(20)46(30-36(5)6)54(76)63-42(16)53(75)64-43(17)57(79)71(22)48(31-37(7)8)59(81)72(23)49(32-38(9)10)60(82)73(24)52(40(13)14)62(84)70(47)21/h25,27,35-49,51-52H,26,28-34H2,1-24H3,(H,63,76)(H,64,75)(H,65,77)(H,66,78)/b27-25+/t41-,42+,43-,44+,45+,46?,47+,48+,49?,51?,52?/m1/s1. The van der Waals surface area contributed by atoms with Crippen molar-refractivity contribution in [1.82, 2.24) is 55.6 Å². The first-order chi connectivity index (χ1) is 38.8. The van der Waals surface area contributed by atoms with Gasteiger partial charge in [0.1, 0.15) is 60.4 Å². The van der Waals surface area contributed by atoms with E-state index in [4.69, 9.17) is 0 Å². The highest BCUT2D eigenvalue weighted by Gasteiger charge is 2.44. The number of carbonyl (C=O) groups excluding carboxylic acids is 11. The zero-order chi connectivity index (χ0) is 65.1. The van der Waals surface area contributed by atoms with E-state index in [0.29, 0.717) is 6.42 Å². The molecule has 84 heavy (non-hydrogen) atoms. The number of allylic oxidation sites excluding steroid dienone is 2. The van der Waals surface area contributed by atoms with Gasteiger partial charge in [-0.3, -0.25) is 52.7 Å². The Labute approximate surface area is 504 Å². The molecule has 11 amide bonds. The highest BCUT2D eigenvalue weighted by atomic mass is 16.2. The van der Waals surface area contributed by atoms with Crippen LogP contribution in [0.25, 0.3) is 0 Å². The van der Waals surface area contributed by atoms with Crippen molar-refractivity contribution in [2.75, 3.05) is 55.9 Å². The van der Waals surface area contributed by atoms with Gasteiger partial charge in [0, 0.05) is 49.3 Å². The van der Waals surface area contributed by atoms with Crippen LogP contribution in [-0.2, 0) is 52.7 Å². The predicted molar refractivity (Wildman–Crippen MR) is 327 cm³/mol. The fourth-order valence-electron chi connectivity index (χ4n) is 10.6. The molecule has 4 N–H and O–H groups in total. The topological polar surface area (TPSA) is 259 Å². The van der Waals surface area contributed by atoms with Gasteiger partial charge in [0.25, 0.3) is 0 Å². The number of amides is 11. The maximum atomic E-state index is 15.1. The molecule has 0 aliphatic carbocycles. The van der Waals surface area contributed by atoms with E-state index in [9.17, 15) is 43.2 Å². The van der Waals surface area contributed by atoms with Crippen LogP contribution in [0.2, 0.25) is 0 Å². The van der Waals surface area contributed by atoms with Gasteiger partial charge < -0.3 is 55.6 Å². The molecule has 0 spiro atoms. The molecule has 1 saturated heterocycles. The molecular weight excluding hydrogens is 1070 g/mol. The van der Waals surface area contributed by atoms with Crippen molar-refractivity contribution < 1.29 is 52.7 Å². The van der Waals surface area contributed by atoms with Gasteiger partial charge in [-0.05, 0) is 107 Å². The van der Waals surface area contributed by atoms with E-state index in [1.807, 2.05) is 81.4 Å². The molecule has 1 heterocycles. The van der Waals surface area contributed by atoms with Crippen LogP contribution in [0.5, 0.6) is 0 Å². The maximum absolute atomic E-state index is 15.1. The van der Waals surface area contributed by atoms with Crippen molar-refractivity contribution in [3.05, 3.63) is 12.2 Å². The summed E-state index contributed by atoms with van der Waals surface area (Å²) in [6, 6.07) is -11.4. The lowest BCUT2D eigenvalue weighted by molar-refractivity contribution is -0.156. The van der Waals surface area contributed by atoms with E-state index in [1.54, 1.807) is 34.6 Å². The molecule has 1 rings (SSSR count). The quantitative estimate of drug-likeness (QED) is 0.168. The van der Waals surface area contributed by atoms with Crippen molar-refractivity contribution in [2.45, 2.75) is 223 Å². The zero-order valence-corrected chi connectivity index (χ0v) is 55.7. The first kappa shape index (κ1) is 75.9. The predicted octanol–water partition coefficient (Wildman–Crippen LogP) is 4.30. The van der Waals surface area contributed by atoms with Crippen LogP contribution in [0.1, 0.15) is 163 Å². The number of nitrogens with one attached hydrogen (secondary N) is 4. The molecule has 22 nitrogen and oxygen atoms in total. The minimum atomic E-state index is -1.21. The second kappa shape index (κ2) is 34.8. The Morgan fingerprint density at radius 3 is 1.27 bits per heavy atom. The molecule has 0 radical (unpaired) electrons. The number of likely N-dealkylation sites (N-methyl/N-ethyl adjacent to an activating group) is 7. The van der Waals surface area contributed by atoms with E-state index >= 15 is 9.59 Å². The van der Waals surface area contributed by atoms with Crippen molar-refractivity contribution in [2.24, 2.45) is 41.4 Å². The fraction of sp³-hybridized carbons (Fsp3) is 0.790. The molecule has 0 aromatic rings. The highest BCUT2D eigenvalue weighted by molar-refractivity contribution is 5.99. The number of rotatable bonds is 15. The SMILES string of the molecule is C/C=C/C[C@@H](C)C[C@H]1C(=O)N[C@@H](CC)C(=O)N(C)CC(=O)N(C)[C@@H](CC(C)C)C(=O)NC(C(C)C)C(=O)N(C)C(CC(C)C)C(=O)N[C@@H](C)C(=O)N[C@H](C)C(=O)N(C)[C@@H](CC(C)C)C(=O)N(C)C(CC(C)C)C(=O)N(C)C(C(C)C)C(=O)N1C. The molecule has 1 aliphatic heterocycles. The van der Waals surface area contributed by atoms with Gasteiger partial charge in [0.05, 0.1) is 6.54 Å². The molecule has 0 aromatic carbocycles. The summed E-state index contributed by atoms with van der Waals surface area (Å²) in [4.78, 5) is 169. The van der Waals surface area contributed by atoms with Crippen LogP contribution < -0.4 is 21.3 Å². The third-order valence-corrected chi connectivity index (χ3v) is 15.9. The van der Waals surface area contributed by atoms with Gasteiger partial charge in [0.2, 0.25) is 65.0 Å². The summed E-state index contributed by atoms with van der Waals surface area (Å²) in [5, 5.41) is 11.1. The van der Waals surface area contributed by atoms with Gasteiger partial charge >= 0.3 is 0 Å². The maximum Gasteiger partial charge on any atom is 0.246 e. The first-order valence-electron chi connectivity index (χ1n) is 30.5. The molecule has 22 heteroatoms. The highest BCUT2D eigenvalue weighted by Crippen LogP contribution is 2.25. The molecule has 480 valence electrons. The second-order valence-electron chi connectivity index (χ2n) is 26.0. The lowest BCUT2D eigenvalue weighted by Crippen LogP contribution is -2.61. The van der Waals surface area contributed by atoms with E-state index in [-0.39, 0.29) is 68.1 Å². The lowest BCUT2D eigenvalue weighted by atomic mass is 9.93. The van der Waals surface area contributed by atoms with Crippen molar-refractivity contribution in [3.63, 3.8) is 0 Å². The Kier molecular flexibility index (Phi) is 31.4. The Morgan fingerprint density at radius 1 is 0.429 bits per heavy atom. The Morgan fingerprint density at radius 2 is 0.821 bits per heavy atom. The number of hydrogen-bond acceptors (Lipinski definition) is 11. The third-order valence-electron chi connectivity index (χ3n) is 15.9. The lowest BCUT2D eigenvalue weighted by Gasteiger charge is -2.41. The number of nitrogens with zero attached hydrogens (tertiary/aromatic N) is 7. The summed E-state index contributed by atoms with van der Waals surface area (Å²) >= 11 is 0. The van der Waals surface area contributed by atoms with Crippen LogP contribution in [0.15, 0.2) is 12.2 Å². The Hall–Kier alpha value is -6.09. The number of carbonyl (C=O) groups is 11. The summed E-state index contributed by atoms with van der Waals surface area (Å²) in [7, 11) is 10.3. The minimum Gasteiger partial charge on any atom is -0.343 e. The van der Waals surface area contributed by atoms with Crippen LogP contribution in [0.4, 0.5) is 0 Å². The molecule has 11 atom stereocenters. The van der Waals surface area contributed by atoms with Crippen molar-refractivity contribution in [3.8, 4) is 0 Å². The van der Waals surface area contributed by atoms with Crippen LogP contribution in [0, 0.1) is 41.4 Å². The Balaban J connectivity index is 4.27. The second-order valence-corrected chi connectivity index (χ2v) is 26.0. The van der Waals surface area contributed by atoms with Gasteiger partial charge in [-0.25, -0.2) is 0 Å². The summed E-state index contributed by atoms with van der Waals surface area (Å²) in [5.41, 5.74) is 0. The Bertz CT molecular complexity index is 2290. The smallest absolute Gasteiger partial charge is 0.246 e. The molecule has 0 saturated carbocycles. The average Bonchev–Trinajstić information content (AvgIpc) is 2.64. The van der Waals surface area contributed by atoms with Crippen LogP contribution in [-0.4, -0.2) is 216 Å². The van der Waals surface area contributed by atoms with Crippen LogP contribution in [0.3, 0.4) is 0 Å². The van der Waals surface area contributed by atoms with Crippen molar-refractivity contribution >= 4 is 65.0 Å². The van der Waals surface area contributed by atoms with Crippen LogP contribution >= 0.6 is 0 Å². The summed E-state index contributed by atoms with van der Waals surface area (Å²) < 4.78 is 0. The van der Waals surface area contributed by atoms with Gasteiger partial charge in [-0.15, -0.1) is 0 Å². The van der Waals surface area contributed by atoms with E-state index in [2.05, 4.69) is 21.3 Å². The average molecular weight is 1190 g/mol. The van der Waals surface area contributed by atoms with E-state index < -0.39 is 144 Å². The summed E-state index contributed by atoms with van der Waals surface area (Å²) in [5.74, 6) is -8.30. The van der Waals surface area contributed by atoms with E-state index in [1.165, 1.54) is 97.5 Å². The molecule has 0 bridgehead atoms. The fourth-order valence-corrected chi connectivity index (χ4v) is 10.6. The minimum absolute atomic E-state index is 0.110. The van der Waals surface area contributed by atoms with Crippen molar-refractivity contribution in [1.29, 1.82) is 0 Å². The summed E-state index contributed by atoms with van der Waals surface area (Å²) in [6.45, 7) is 30.1. The zero-order valence-electron chi connectivity index (χ0n) is 55.7. The molecule has 0 aromatic heterocycles. The van der Waals surface area contributed by atoms with Gasteiger partial charge in [0.15, 0.2) is 0 Å². The molecule has 1 aliphatic rings. The monoisotopic (exact) mass is 1190 g/mol. The van der Waals surface area contributed by atoms with Gasteiger partial charge in [-0.2, -0.15) is 0 Å². The number of hydrogen-bond donors (Lipinski definition) is 4. The first-order valence-corrected chi connectivity index (χ1v) is 30.5.